The normalized spacial score (nSPS) is 40.5. The van der Waals surface area contributed by atoms with Crippen molar-refractivity contribution in [1.82, 2.24) is 5.43 Å². The van der Waals surface area contributed by atoms with Crippen LogP contribution in [0.25, 0.3) is 0 Å². The van der Waals surface area contributed by atoms with Crippen LogP contribution in [0.15, 0.2) is 0 Å². The summed E-state index contributed by atoms with van der Waals surface area (Å²) < 4.78 is 0. The topological polar surface area (TPSA) is 38.0 Å². The average Bonchev–Trinajstić information content (AvgIpc) is 2.67. The first-order chi connectivity index (χ1) is 8.23. The zero-order valence-corrected chi connectivity index (χ0v) is 13.1. The van der Waals surface area contributed by atoms with Gasteiger partial charge in [-0.2, -0.15) is 0 Å². The van der Waals surface area contributed by atoms with E-state index in [9.17, 15) is 0 Å². The Morgan fingerprint density at radius 1 is 1.00 bits per heavy atom. The van der Waals surface area contributed by atoms with Gasteiger partial charge in [0.25, 0.3) is 0 Å². The van der Waals surface area contributed by atoms with Gasteiger partial charge in [0.1, 0.15) is 0 Å². The smallest absolute Gasteiger partial charge is 0.0277 e. The molecule has 0 aromatic carbocycles. The lowest BCUT2D eigenvalue weighted by Crippen LogP contribution is -2.46. The molecular formula is C16H32N2. The lowest BCUT2D eigenvalue weighted by atomic mass is 9.71. The van der Waals surface area contributed by atoms with Crippen molar-refractivity contribution in [3.05, 3.63) is 0 Å². The maximum Gasteiger partial charge on any atom is 0.0277 e. The van der Waals surface area contributed by atoms with Crippen molar-refractivity contribution in [2.45, 2.75) is 66.8 Å². The zero-order chi connectivity index (χ0) is 13.7. The average molecular weight is 252 g/mol. The van der Waals surface area contributed by atoms with Gasteiger partial charge in [-0.3, -0.25) is 11.3 Å². The van der Waals surface area contributed by atoms with Gasteiger partial charge in [-0.05, 0) is 47.3 Å². The molecule has 106 valence electrons. The van der Waals surface area contributed by atoms with Crippen LogP contribution in [0.3, 0.4) is 0 Å². The van der Waals surface area contributed by atoms with E-state index in [1.807, 2.05) is 0 Å². The summed E-state index contributed by atoms with van der Waals surface area (Å²) in [6, 6.07) is 0.505. The molecule has 0 saturated heterocycles. The van der Waals surface area contributed by atoms with Crippen LogP contribution < -0.4 is 11.3 Å². The minimum Gasteiger partial charge on any atom is -0.271 e. The molecule has 0 spiro atoms. The van der Waals surface area contributed by atoms with E-state index in [2.05, 4.69) is 47.0 Å². The lowest BCUT2D eigenvalue weighted by molar-refractivity contribution is 0.151. The quantitative estimate of drug-likeness (QED) is 0.595. The first-order valence-electron chi connectivity index (χ1n) is 7.69. The molecule has 0 aromatic heterocycles. The van der Waals surface area contributed by atoms with Crippen LogP contribution in [0.4, 0.5) is 0 Å². The molecule has 4 unspecified atom stereocenters. The maximum atomic E-state index is 5.92. The fraction of sp³-hybridized carbons (Fsp3) is 1.00. The summed E-state index contributed by atoms with van der Waals surface area (Å²) in [6.07, 6.45) is 4.07. The second-order valence-electron chi connectivity index (χ2n) is 8.14. The van der Waals surface area contributed by atoms with Crippen molar-refractivity contribution in [2.24, 2.45) is 40.3 Å². The van der Waals surface area contributed by atoms with E-state index in [1.165, 1.54) is 19.3 Å². The van der Waals surface area contributed by atoms with Crippen LogP contribution >= 0.6 is 0 Å². The lowest BCUT2D eigenvalue weighted by Gasteiger charge is -2.37. The summed E-state index contributed by atoms with van der Waals surface area (Å²) in [5.74, 6) is 9.15. The fourth-order valence-corrected chi connectivity index (χ4v) is 4.57. The van der Waals surface area contributed by atoms with E-state index in [0.29, 0.717) is 16.9 Å². The second kappa shape index (κ2) is 4.49. The monoisotopic (exact) mass is 252 g/mol. The molecule has 2 saturated carbocycles. The summed E-state index contributed by atoms with van der Waals surface area (Å²) >= 11 is 0. The number of hydrogen-bond donors (Lipinski definition) is 2. The van der Waals surface area contributed by atoms with Gasteiger partial charge < -0.3 is 0 Å². The van der Waals surface area contributed by atoms with Crippen molar-refractivity contribution in [1.29, 1.82) is 0 Å². The molecule has 3 N–H and O–H groups in total. The zero-order valence-electron chi connectivity index (χ0n) is 13.1. The van der Waals surface area contributed by atoms with E-state index in [0.717, 1.165) is 23.7 Å². The first-order valence-corrected chi connectivity index (χ1v) is 7.69. The Labute approximate surface area is 113 Å². The molecule has 0 aromatic rings. The van der Waals surface area contributed by atoms with Crippen LogP contribution in [0.1, 0.15) is 60.8 Å². The first kappa shape index (κ1) is 14.3. The van der Waals surface area contributed by atoms with Gasteiger partial charge in [0.2, 0.25) is 0 Å². The summed E-state index contributed by atoms with van der Waals surface area (Å²) in [6.45, 7) is 14.4. The van der Waals surface area contributed by atoms with Crippen molar-refractivity contribution in [3.8, 4) is 0 Å². The van der Waals surface area contributed by atoms with E-state index < -0.39 is 0 Å². The molecule has 2 aliphatic rings. The fourth-order valence-electron chi connectivity index (χ4n) is 4.57. The molecule has 0 aliphatic heterocycles. The molecule has 2 rings (SSSR count). The van der Waals surface area contributed by atoms with Crippen LogP contribution in [-0.2, 0) is 0 Å². The van der Waals surface area contributed by atoms with E-state index in [1.54, 1.807) is 0 Å². The molecule has 2 nitrogen and oxygen atoms in total. The molecule has 4 atom stereocenters. The molecule has 0 bridgehead atoms. The van der Waals surface area contributed by atoms with Crippen molar-refractivity contribution in [2.75, 3.05) is 0 Å². The van der Waals surface area contributed by atoms with Crippen molar-refractivity contribution >= 4 is 0 Å². The molecule has 2 aliphatic carbocycles. The van der Waals surface area contributed by atoms with Gasteiger partial charge in [-0.15, -0.1) is 0 Å². The Bertz CT molecular complexity index is 294. The molecule has 0 radical (unpaired) electrons. The van der Waals surface area contributed by atoms with Gasteiger partial charge >= 0.3 is 0 Å². The SMILES string of the molecule is CC1CCC(C(NN)C2C(C)(C)C2(C)C)CC1C. The third-order valence-electron chi connectivity index (χ3n) is 6.83. The van der Waals surface area contributed by atoms with Gasteiger partial charge in [-0.1, -0.05) is 48.0 Å². The Morgan fingerprint density at radius 2 is 1.56 bits per heavy atom. The molecular weight excluding hydrogens is 220 g/mol. The number of hydrogen-bond acceptors (Lipinski definition) is 2. The number of rotatable bonds is 3. The van der Waals surface area contributed by atoms with Gasteiger partial charge in [0, 0.05) is 6.04 Å². The Balaban J connectivity index is 2.07. The highest BCUT2D eigenvalue weighted by molar-refractivity contribution is 5.17. The molecule has 0 heterocycles. The molecule has 2 fully saturated rings. The molecule has 18 heavy (non-hydrogen) atoms. The highest BCUT2D eigenvalue weighted by Gasteiger charge is 2.67. The Hall–Kier alpha value is -0.0800. The molecule has 0 amide bonds. The second-order valence-corrected chi connectivity index (χ2v) is 8.14. The minimum atomic E-state index is 0.427. The van der Waals surface area contributed by atoms with E-state index in [4.69, 9.17) is 5.84 Å². The van der Waals surface area contributed by atoms with Gasteiger partial charge in [0.05, 0.1) is 0 Å². The standard InChI is InChI=1S/C16H32N2/c1-10-7-8-12(9-11(10)2)13(18-17)14-15(3,4)16(14,5)6/h10-14,18H,7-9,17H2,1-6H3. The summed E-state index contributed by atoms with van der Waals surface area (Å²) in [5, 5.41) is 0. The van der Waals surface area contributed by atoms with Crippen LogP contribution in [-0.4, -0.2) is 6.04 Å². The highest BCUT2D eigenvalue weighted by atomic mass is 15.2. The number of hydrazine groups is 1. The third-order valence-corrected chi connectivity index (χ3v) is 6.83. The van der Waals surface area contributed by atoms with Crippen LogP contribution in [0.5, 0.6) is 0 Å². The maximum absolute atomic E-state index is 5.92. The van der Waals surface area contributed by atoms with Gasteiger partial charge in [-0.25, -0.2) is 0 Å². The predicted molar refractivity (Wildman–Crippen MR) is 77.8 cm³/mol. The van der Waals surface area contributed by atoms with Crippen molar-refractivity contribution in [3.63, 3.8) is 0 Å². The van der Waals surface area contributed by atoms with Gasteiger partial charge in [0.15, 0.2) is 0 Å². The third kappa shape index (κ3) is 2.02. The minimum absolute atomic E-state index is 0.427. The predicted octanol–water partition coefficient (Wildman–Crippen LogP) is 3.57. The highest BCUT2D eigenvalue weighted by Crippen LogP contribution is 2.70. The van der Waals surface area contributed by atoms with E-state index in [-0.39, 0.29) is 0 Å². The number of nitrogens with two attached hydrogens (primary N) is 1. The summed E-state index contributed by atoms with van der Waals surface area (Å²) in [5.41, 5.74) is 4.03. The van der Waals surface area contributed by atoms with Crippen molar-refractivity contribution < 1.29 is 0 Å². The Morgan fingerprint density at radius 3 is 1.94 bits per heavy atom. The van der Waals surface area contributed by atoms with E-state index >= 15 is 0 Å². The van der Waals surface area contributed by atoms with Crippen LogP contribution in [0.2, 0.25) is 0 Å². The van der Waals surface area contributed by atoms with Crippen LogP contribution in [0, 0.1) is 34.5 Å². The molecule has 2 heteroatoms. The summed E-state index contributed by atoms with van der Waals surface area (Å²) in [7, 11) is 0. The Kier molecular flexibility index (Phi) is 3.57. The largest absolute Gasteiger partial charge is 0.271 e. The summed E-state index contributed by atoms with van der Waals surface area (Å²) in [4.78, 5) is 0. The number of nitrogens with one attached hydrogen (secondary N) is 1.